The Morgan fingerprint density at radius 1 is 1.14 bits per heavy atom. The number of likely N-dealkylation sites (tertiary alicyclic amines) is 1. The Morgan fingerprint density at radius 3 is 2.32 bits per heavy atom. The molecule has 0 unspecified atom stereocenters. The van der Waals surface area contributed by atoms with Crippen LogP contribution in [0.2, 0.25) is 0 Å². The van der Waals surface area contributed by atoms with E-state index in [0.29, 0.717) is 38.2 Å². The molecule has 2 fully saturated rings. The van der Waals surface area contributed by atoms with Crippen LogP contribution in [-0.4, -0.2) is 67.4 Å². The van der Waals surface area contributed by atoms with Crippen molar-refractivity contribution in [1.82, 2.24) is 9.21 Å². The number of nitrogens with two attached hydrogens (primary N) is 1. The van der Waals surface area contributed by atoms with E-state index in [0.717, 1.165) is 0 Å². The first-order chi connectivity index (χ1) is 13.2. The molecule has 2 heterocycles. The number of carbonyl (C=O) groups excluding carboxylic acids is 2. The zero-order valence-electron chi connectivity index (χ0n) is 16.0. The first-order valence-corrected chi connectivity index (χ1v) is 10.7. The number of nitrogens with one attached hydrogen (secondary N) is 1. The number of anilines is 1. The highest BCUT2D eigenvalue weighted by Gasteiger charge is 2.34. The molecule has 28 heavy (non-hydrogen) atoms. The number of amides is 3. The molecule has 3 atom stereocenters. The highest BCUT2D eigenvalue weighted by molar-refractivity contribution is 7.89. The van der Waals surface area contributed by atoms with Gasteiger partial charge in [0.2, 0.25) is 15.9 Å². The molecule has 3 amide bonds. The number of benzene rings is 1. The summed E-state index contributed by atoms with van der Waals surface area (Å²) in [5, 5.41) is 2.72. The van der Waals surface area contributed by atoms with Crippen LogP contribution >= 0.6 is 0 Å². The molecule has 3 rings (SSSR count). The molecular formula is C18H26N4O5S. The van der Waals surface area contributed by atoms with E-state index in [1.165, 1.54) is 21.3 Å². The van der Waals surface area contributed by atoms with E-state index in [1.807, 2.05) is 13.8 Å². The van der Waals surface area contributed by atoms with Gasteiger partial charge in [0.15, 0.2) is 0 Å². The van der Waals surface area contributed by atoms with Crippen molar-refractivity contribution in [2.75, 3.05) is 25.0 Å². The van der Waals surface area contributed by atoms with Gasteiger partial charge in [-0.2, -0.15) is 4.31 Å². The highest BCUT2D eigenvalue weighted by Crippen LogP contribution is 2.23. The van der Waals surface area contributed by atoms with Gasteiger partial charge in [-0.3, -0.25) is 4.79 Å². The molecule has 0 aromatic heterocycles. The van der Waals surface area contributed by atoms with Crippen LogP contribution in [0.5, 0.6) is 0 Å². The van der Waals surface area contributed by atoms with Gasteiger partial charge in [0, 0.05) is 25.3 Å². The van der Waals surface area contributed by atoms with Crippen LogP contribution in [0.3, 0.4) is 0 Å². The van der Waals surface area contributed by atoms with E-state index in [-0.39, 0.29) is 23.0 Å². The van der Waals surface area contributed by atoms with Gasteiger partial charge in [0.25, 0.3) is 0 Å². The number of morpholine rings is 1. The second-order valence-electron chi connectivity index (χ2n) is 7.28. The molecule has 1 aromatic rings. The average Bonchev–Trinajstić information content (AvgIpc) is 3.11. The summed E-state index contributed by atoms with van der Waals surface area (Å²) >= 11 is 0. The maximum atomic E-state index is 12.9. The first-order valence-electron chi connectivity index (χ1n) is 9.31. The van der Waals surface area contributed by atoms with Gasteiger partial charge in [-0.1, -0.05) is 0 Å². The maximum Gasteiger partial charge on any atom is 0.315 e. The third-order valence-electron chi connectivity index (χ3n) is 4.98. The van der Waals surface area contributed by atoms with Gasteiger partial charge >= 0.3 is 6.03 Å². The standard InChI is InChI=1S/C18H26N4O5S/c1-12-10-21(11-13(2)27-12)28(25,26)15-7-5-14(6-8-15)20-17(23)16-4-3-9-22(16)18(19)24/h5-8,12-13,16H,3-4,9-11H2,1-2H3,(H2,19,24)(H,20,23)/t12-,13+,16-/m0/s1. The summed E-state index contributed by atoms with van der Waals surface area (Å²) in [6.07, 6.45) is 0.928. The Bertz CT molecular complexity index is 832. The molecule has 2 aliphatic heterocycles. The molecule has 1 aromatic carbocycles. The molecule has 0 spiro atoms. The number of urea groups is 1. The zero-order valence-corrected chi connectivity index (χ0v) is 16.8. The average molecular weight is 410 g/mol. The van der Waals surface area contributed by atoms with Crippen LogP contribution in [0.4, 0.5) is 10.5 Å². The van der Waals surface area contributed by atoms with Crippen molar-refractivity contribution >= 4 is 27.6 Å². The molecular weight excluding hydrogens is 384 g/mol. The Hall–Kier alpha value is -2.17. The highest BCUT2D eigenvalue weighted by atomic mass is 32.2. The Morgan fingerprint density at radius 2 is 1.75 bits per heavy atom. The fraction of sp³-hybridized carbons (Fsp3) is 0.556. The van der Waals surface area contributed by atoms with Crippen LogP contribution in [0.1, 0.15) is 26.7 Å². The third-order valence-corrected chi connectivity index (χ3v) is 6.83. The monoisotopic (exact) mass is 410 g/mol. The van der Waals surface area contributed by atoms with Crippen LogP contribution in [0.15, 0.2) is 29.2 Å². The molecule has 0 saturated carbocycles. The topological polar surface area (TPSA) is 122 Å². The van der Waals surface area contributed by atoms with Crippen molar-refractivity contribution in [3.63, 3.8) is 0 Å². The van der Waals surface area contributed by atoms with Crippen molar-refractivity contribution < 1.29 is 22.7 Å². The number of carbonyl (C=O) groups is 2. The summed E-state index contributed by atoms with van der Waals surface area (Å²) in [6.45, 7) is 4.75. The van der Waals surface area contributed by atoms with E-state index in [4.69, 9.17) is 10.5 Å². The van der Waals surface area contributed by atoms with E-state index >= 15 is 0 Å². The van der Waals surface area contributed by atoms with Crippen molar-refractivity contribution in [3.05, 3.63) is 24.3 Å². The van der Waals surface area contributed by atoms with E-state index in [1.54, 1.807) is 12.1 Å². The first kappa shape index (κ1) is 20.6. The predicted molar refractivity (Wildman–Crippen MR) is 103 cm³/mol. The number of sulfonamides is 1. The number of hydrogen-bond donors (Lipinski definition) is 2. The van der Waals surface area contributed by atoms with Gasteiger partial charge in [-0.15, -0.1) is 0 Å². The van der Waals surface area contributed by atoms with Crippen molar-refractivity contribution in [1.29, 1.82) is 0 Å². The fourth-order valence-corrected chi connectivity index (χ4v) is 5.31. The molecule has 0 radical (unpaired) electrons. The largest absolute Gasteiger partial charge is 0.373 e. The SMILES string of the molecule is C[C@@H]1CN(S(=O)(=O)c2ccc(NC(=O)[C@@H]3CCCN3C(N)=O)cc2)C[C@H](C)O1. The van der Waals surface area contributed by atoms with E-state index in [2.05, 4.69) is 5.32 Å². The lowest BCUT2D eigenvalue weighted by Gasteiger charge is -2.34. The summed E-state index contributed by atoms with van der Waals surface area (Å²) in [7, 11) is -3.64. The zero-order chi connectivity index (χ0) is 20.5. The van der Waals surface area contributed by atoms with Crippen LogP contribution in [0, 0.1) is 0 Å². The maximum absolute atomic E-state index is 12.9. The number of ether oxygens (including phenoxy) is 1. The molecule has 2 aliphatic rings. The van der Waals surface area contributed by atoms with Gasteiger partial charge in [0.1, 0.15) is 6.04 Å². The lowest BCUT2D eigenvalue weighted by Crippen LogP contribution is -2.48. The summed E-state index contributed by atoms with van der Waals surface area (Å²) in [5.74, 6) is -0.331. The van der Waals surface area contributed by atoms with Crippen LogP contribution < -0.4 is 11.1 Å². The lowest BCUT2D eigenvalue weighted by atomic mass is 10.2. The Labute approximate surface area is 164 Å². The molecule has 0 bridgehead atoms. The molecule has 154 valence electrons. The lowest BCUT2D eigenvalue weighted by molar-refractivity contribution is -0.119. The van der Waals surface area contributed by atoms with Gasteiger partial charge < -0.3 is 20.7 Å². The number of primary amides is 1. The number of nitrogens with zero attached hydrogens (tertiary/aromatic N) is 2. The predicted octanol–water partition coefficient (Wildman–Crippen LogP) is 0.966. The van der Waals surface area contributed by atoms with Crippen molar-refractivity contribution in [3.8, 4) is 0 Å². The Kier molecular flexibility index (Phi) is 5.92. The fourth-order valence-electron chi connectivity index (χ4n) is 3.71. The summed E-state index contributed by atoms with van der Waals surface area (Å²) < 4.78 is 32.7. The van der Waals surface area contributed by atoms with Crippen LogP contribution in [-0.2, 0) is 19.6 Å². The molecule has 9 nitrogen and oxygen atoms in total. The molecule has 10 heteroatoms. The van der Waals surface area contributed by atoms with E-state index < -0.39 is 22.1 Å². The summed E-state index contributed by atoms with van der Waals surface area (Å²) in [6, 6.07) is 4.81. The minimum Gasteiger partial charge on any atom is -0.373 e. The van der Waals surface area contributed by atoms with Crippen LogP contribution in [0.25, 0.3) is 0 Å². The number of rotatable bonds is 4. The quantitative estimate of drug-likeness (QED) is 0.766. The van der Waals surface area contributed by atoms with Gasteiger partial charge in [0.05, 0.1) is 17.1 Å². The Balaban J connectivity index is 1.69. The van der Waals surface area contributed by atoms with Gasteiger partial charge in [-0.25, -0.2) is 13.2 Å². The number of hydrogen-bond acceptors (Lipinski definition) is 5. The normalized spacial score (nSPS) is 26.2. The minimum atomic E-state index is -3.64. The molecule has 0 aliphatic carbocycles. The van der Waals surface area contributed by atoms with Gasteiger partial charge in [-0.05, 0) is 51.0 Å². The minimum absolute atomic E-state index is 0.159. The summed E-state index contributed by atoms with van der Waals surface area (Å²) in [5.41, 5.74) is 5.77. The second-order valence-corrected chi connectivity index (χ2v) is 9.22. The smallest absolute Gasteiger partial charge is 0.315 e. The molecule has 3 N–H and O–H groups in total. The van der Waals surface area contributed by atoms with Crippen molar-refractivity contribution in [2.45, 2.75) is 49.8 Å². The summed E-state index contributed by atoms with van der Waals surface area (Å²) in [4.78, 5) is 25.3. The second kappa shape index (κ2) is 8.06. The van der Waals surface area contributed by atoms with E-state index in [9.17, 15) is 18.0 Å². The van der Waals surface area contributed by atoms with Crippen molar-refractivity contribution in [2.24, 2.45) is 5.73 Å². The third kappa shape index (κ3) is 4.29. The molecule has 2 saturated heterocycles.